The van der Waals surface area contributed by atoms with Crippen molar-refractivity contribution in [1.82, 2.24) is 9.80 Å². The van der Waals surface area contributed by atoms with Crippen molar-refractivity contribution in [2.75, 3.05) is 20.2 Å². The summed E-state index contributed by atoms with van der Waals surface area (Å²) in [6, 6.07) is -0.552. The van der Waals surface area contributed by atoms with E-state index in [2.05, 4.69) is 11.8 Å². The largest absolute Gasteiger partial charge is 0.471 e. The van der Waals surface area contributed by atoms with Crippen molar-refractivity contribution in [3.05, 3.63) is 23.3 Å². The van der Waals surface area contributed by atoms with Crippen molar-refractivity contribution in [3.63, 3.8) is 0 Å². The lowest BCUT2D eigenvalue weighted by Gasteiger charge is -2.10. The minimum atomic E-state index is -0.795. The lowest BCUT2D eigenvalue weighted by Crippen LogP contribution is -2.27. The van der Waals surface area contributed by atoms with Gasteiger partial charge in [0.05, 0.1) is 13.2 Å². The molecule has 0 aromatic rings. The third kappa shape index (κ3) is 8.25. The van der Waals surface area contributed by atoms with Crippen LogP contribution in [0.25, 0.3) is 4.85 Å². The van der Waals surface area contributed by atoms with E-state index < -0.39 is 17.9 Å². The summed E-state index contributed by atoms with van der Waals surface area (Å²) in [5.74, 6) is -1.26. The van der Waals surface area contributed by atoms with Gasteiger partial charge in [0.1, 0.15) is 6.54 Å². The van der Waals surface area contributed by atoms with E-state index >= 15 is 0 Å². The summed E-state index contributed by atoms with van der Waals surface area (Å²) in [4.78, 5) is 40.5. The highest BCUT2D eigenvalue weighted by atomic mass is 16.5. The molecule has 0 N–H and O–H groups in total. The van der Waals surface area contributed by atoms with E-state index in [1.807, 2.05) is 0 Å². The molecule has 7 nitrogen and oxygen atoms in total. The Labute approximate surface area is 162 Å². The van der Waals surface area contributed by atoms with E-state index in [1.165, 1.54) is 56.9 Å². The maximum Gasteiger partial charge on any atom is 0.337 e. The summed E-state index contributed by atoms with van der Waals surface area (Å²) in [6.07, 6.45) is 12.8. The average molecular weight is 377 g/mol. The van der Waals surface area contributed by atoms with Gasteiger partial charge < -0.3 is 9.64 Å². The van der Waals surface area contributed by atoms with Crippen LogP contribution in [-0.4, -0.2) is 47.9 Å². The number of imide groups is 1. The van der Waals surface area contributed by atoms with Crippen LogP contribution in [0.3, 0.4) is 0 Å². The smallest absolute Gasteiger partial charge is 0.337 e. The second-order valence-electron chi connectivity index (χ2n) is 6.85. The van der Waals surface area contributed by atoms with Gasteiger partial charge in [-0.3, -0.25) is 9.59 Å². The Morgan fingerprint density at radius 3 is 2.11 bits per heavy atom. The SMILES string of the molecule is [C-]#[N+]C(=CN1C(=O)CN(C)C1=O)C(=O)OCCCCCCCCCCCC. The van der Waals surface area contributed by atoms with Crippen LogP contribution in [0, 0.1) is 6.57 Å². The molecule has 150 valence electrons. The molecular weight excluding hydrogens is 346 g/mol. The molecule has 0 radical (unpaired) electrons. The Hall–Kier alpha value is -2.36. The molecule has 7 heteroatoms. The number of amides is 3. The van der Waals surface area contributed by atoms with Gasteiger partial charge in [0.25, 0.3) is 11.6 Å². The van der Waals surface area contributed by atoms with E-state index in [0.717, 1.165) is 30.4 Å². The number of hydrogen-bond acceptors (Lipinski definition) is 4. The fourth-order valence-electron chi connectivity index (χ4n) is 2.84. The zero-order chi connectivity index (χ0) is 20.1. The van der Waals surface area contributed by atoms with Crippen LogP contribution in [0.4, 0.5) is 4.79 Å². The zero-order valence-electron chi connectivity index (χ0n) is 16.5. The molecule has 1 fully saturated rings. The topological polar surface area (TPSA) is 71.3 Å². The predicted octanol–water partition coefficient (Wildman–Crippen LogP) is 4.11. The molecule has 0 aliphatic carbocycles. The second kappa shape index (κ2) is 12.9. The summed E-state index contributed by atoms with van der Waals surface area (Å²) in [5, 5.41) is 0. The number of carbonyl (C=O) groups is 3. The summed E-state index contributed by atoms with van der Waals surface area (Å²) in [6.45, 7) is 9.48. The number of urea groups is 1. The van der Waals surface area contributed by atoms with Gasteiger partial charge in [-0.1, -0.05) is 64.7 Å². The summed E-state index contributed by atoms with van der Waals surface area (Å²) >= 11 is 0. The molecule has 27 heavy (non-hydrogen) atoms. The molecule has 0 unspecified atom stereocenters. The van der Waals surface area contributed by atoms with Crippen LogP contribution in [0.1, 0.15) is 71.1 Å². The van der Waals surface area contributed by atoms with E-state index in [1.54, 1.807) is 0 Å². The number of unbranched alkanes of at least 4 members (excludes halogenated alkanes) is 9. The standard InChI is InChI=1S/C20H31N3O4/c1-4-5-6-7-8-9-10-11-12-13-14-27-19(25)17(21-2)15-23-18(24)16-22(3)20(23)26/h15H,4-14,16H2,1,3H3. The molecule has 1 saturated heterocycles. The fourth-order valence-corrected chi connectivity index (χ4v) is 2.84. The molecule has 0 atom stereocenters. The molecule has 3 amide bonds. The monoisotopic (exact) mass is 377 g/mol. The number of nitrogens with zero attached hydrogens (tertiary/aromatic N) is 3. The quantitative estimate of drug-likeness (QED) is 0.159. The number of likely N-dealkylation sites (N-methyl/N-ethyl adjacent to an activating group) is 1. The van der Waals surface area contributed by atoms with Crippen molar-refractivity contribution in [2.45, 2.75) is 71.1 Å². The van der Waals surface area contributed by atoms with Gasteiger partial charge in [-0.15, -0.1) is 0 Å². The molecule has 0 spiro atoms. The van der Waals surface area contributed by atoms with Crippen molar-refractivity contribution in [1.29, 1.82) is 0 Å². The van der Waals surface area contributed by atoms with Crippen LogP contribution in [0.2, 0.25) is 0 Å². The van der Waals surface area contributed by atoms with Gasteiger partial charge in [0.15, 0.2) is 0 Å². The first-order valence-corrected chi connectivity index (χ1v) is 9.84. The first-order valence-electron chi connectivity index (χ1n) is 9.84. The van der Waals surface area contributed by atoms with Crippen LogP contribution in [0.15, 0.2) is 11.9 Å². The second-order valence-corrected chi connectivity index (χ2v) is 6.85. The third-order valence-electron chi connectivity index (χ3n) is 4.49. The first kappa shape index (κ1) is 22.7. The lowest BCUT2D eigenvalue weighted by molar-refractivity contribution is -0.138. The molecule has 1 heterocycles. The van der Waals surface area contributed by atoms with Crippen LogP contribution in [-0.2, 0) is 14.3 Å². The summed E-state index contributed by atoms with van der Waals surface area (Å²) < 4.78 is 5.09. The Balaban J connectivity index is 2.20. The molecular formula is C20H31N3O4. The van der Waals surface area contributed by atoms with Gasteiger partial charge in [-0.2, -0.15) is 0 Å². The molecule has 1 aliphatic heterocycles. The third-order valence-corrected chi connectivity index (χ3v) is 4.49. The highest BCUT2D eigenvalue weighted by molar-refractivity contribution is 6.04. The number of hydrogen-bond donors (Lipinski definition) is 0. The molecule has 1 rings (SSSR count). The summed E-state index contributed by atoms with van der Waals surface area (Å²) in [5.41, 5.74) is -0.362. The lowest BCUT2D eigenvalue weighted by atomic mass is 10.1. The van der Waals surface area contributed by atoms with Crippen LogP contribution in [0.5, 0.6) is 0 Å². The minimum absolute atomic E-state index is 0.0612. The number of ether oxygens (including phenoxy) is 1. The Kier molecular flexibility index (Phi) is 10.8. The molecule has 0 aromatic heterocycles. The van der Waals surface area contributed by atoms with Crippen LogP contribution >= 0.6 is 0 Å². The van der Waals surface area contributed by atoms with Crippen molar-refractivity contribution in [3.8, 4) is 0 Å². The fraction of sp³-hybridized carbons (Fsp3) is 0.700. The molecule has 0 aromatic carbocycles. The zero-order valence-corrected chi connectivity index (χ0v) is 16.5. The minimum Gasteiger partial charge on any atom is -0.471 e. The van der Waals surface area contributed by atoms with Crippen molar-refractivity contribution in [2.24, 2.45) is 0 Å². The molecule has 1 aliphatic rings. The van der Waals surface area contributed by atoms with Crippen molar-refractivity contribution >= 4 is 17.9 Å². The Bertz CT molecular complexity index is 580. The highest BCUT2D eigenvalue weighted by Gasteiger charge is 2.33. The van der Waals surface area contributed by atoms with Crippen molar-refractivity contribution < 1.29 is 19.1 Å². The van der Waals surface area contributed by atoms with Gasteiger partial charge in [0.2, 0.25) is 0 Å². The van der Waals surface area contributed by atoms with Gasteiger partial charge in [-0.25, -0.2) is 14.5 Å². The van der Waals surface area contributed by atoms with Crippen LogP contribution < -0.4 is 0 Å². The van der Waals surface area contributed by atoms with E-state index in [9.17, 15) is 14.4 Å². The number of esters is 1. The summed E-state index contributed by atoms with van der Waals surface area (Å²) in [7, 11) is 1.48. The number of carbonyl (C=O) groups excluding carboxylic acids is 3. The Morgan fingerprint density at radius 1 is 1.07 bits per heavy atom. The Morgan fingerprint density at radius 2 is 1.63 bits per heavy atom. The molecule has 0 saturated carbocycles. The maximum absolute atomic E-state index is 12.0. The first-order chi connectivity index (χ1) is 13.0. The van der Waals surface area contributed by atoms with E-state index in [-0.39, 0.29) is 18.8 Å². The average Bonchev–Trinajstić information content (AvgIpc) is 2.89. The van der Waals surface area contributed by atoms with Gasteiger partial charge in [0, 0.05) is 13.2 Å². The predicted molar refractivity (Wildman–Crippen MR) is 102 cm³/mol. The highest BCUT2D eigenvalue weighted by Crippen LogP contribution is 2.13. The van der Waals surface area contributed by atoms with Gasteiger partial charge in [-0.05, 0) is 6.42 Å². The van der Waals surface area contributed by atoms with Gasteiger partial charge >= 0.3 is 12.0 Å². The van der Waals surface area contributed by atoms with E-state index in [4.69, 9.17) is 11.3 Å². The van der Waals surface area contributed by atoms with E-state index in [0.29, 0.717) is 0 Å². The molecule has 0 bridgehead atoms. The normalized spacial score (nSPS) is 14.6. The maximum atomic E-state index is 12.0. The number of rotatable bonds is 13.